The Balaban J connectivity index is 2.54. The lowest BCUT2D eigenvalue weighted by atomic mass is 10.3. The van der Waals surface area contributed by atoms with Crippen molar-refractivity contribution in [2.45, 2.75) is 11.3 Å². The predicted octanol–water partition coefficient (Wildman–Crippen LogP) is 1.12. The highest BCUT2D eigenvalue weighted by molar-refractivity contribution is 7.99. The third-order valence-corrected chi connectivity index (χ3v) is 2.41. The fourth-order valence-electron chi connectivity index (χ4n) is 0.908. The first kappa shape index (κ1) is 5.23. The zero-order chi connectivity index (χ0) is 6.10. The van der Waals surface area contributed by atoms with Crippen LogP contribution < -0.4 is 0 Å². The van der Waals surface area contributed by atoms with E-state index in [1.54, 1.807) is 6.33 Å². The van der Waals surface area contributed by atoms with Crippen molar-refractivity contribution < 1.29 is 0 Å². The molecule has 0 spiro atoms. The molecular formula is C6H6N2S. The Morgan fingerprint density at radius 1 is 1.56 bits per heavy atom. The maximum atomic E-state index is 4.13. The van der Waals surface area contributed by atoms with Gasteiger partial charge in [0.1, 0.15) is 6.33 Å². The summed E-state index contributed by atoms with van der Waals surface area (Å²) in [5, 5.41) is 0. The van der Waals surface area contributed by atoms with Gasteiger partial charge in [0.25, 0.3) is 0 Å². The van der Waals surface area contributed by atoms with Gasteiger partial charge in [-0.25, -0.2) is 9.97 Å². The van der Waals surface area contributed by atoms with Gasteiger partial charge in [-0.1, -0.05) is 0 Å². The fourth-order valence-corrected chi connectivity index (χ4v) is 1.88. The van der Waals surface area contributed by atoms with E-state index in [4.69, 9.17) is 0 Å². The molecule has 0 amide bonds. The van der Waals surface area contributed by atoms with E-state index in [0.717, 1.165) is 6.42 Å². The van der Waals surface area contributed by atoms with Crippen LogP contribution in [0.5, 0.6) is 0 Å². The molecule has 0 saturated heterocycles. The Kier molecular flexibility index (Phi) is 1.16. The van der Waals surface area contributed by atoms with Crippen LogP contribution in [0.1, 0.15) is 5.69 Å². The van der Waals surface area contributed by atoms with Crippen molar-refractivity contribution in [3.05, 3.63) is 18.2 Å². The van der Waals surface area contributed by atoms with Crippen LogP contribution in [-0.4, -0.2) is 15.7 Å². The van der Waals surface area contributed by atoms with Crippen LogP contribution in [0.3, 0.4) is 0 Å². The minimum atomic E-state index is 1.11. The van der Waals surface area contributed by atoms with Crippen LogP contribution in [0.2, 0.25) is 0 Å². The Morgan fingerprint density at radius 3 is 3.44 bits per heavy atom. The summed E-state index contributed by atoms with van der Waals surface area (Å²) in [6, 6.07) is 0. The van der Waals surface area contributed by atoms with E-state index in [0.29, 0.717) is 0 Å². The van der Waals surface area contributed by atoms with Crippen LogP contribution >= 0.6 is 11.8 Å². The first-order valence-electron chi connectivity index (χ1n) is 2.88. The first-order chi connectivity index (χ1) is 4.47. The van der Waals surface area contributed by atoms with E-state index in [2.05, 4.69) is 9.97 Å². The van der Waals surface area contributed by atoms with Gasteiger partial charge in [0.05, 0.1) is 5.69 Å². The molecule has 0 saturated carbocycles. The summed E-state index contributed by atoms with van der Waals surface area (Å²) < 4.78 is 0. The molecule has 1 aromatic rings. The molecule has 46 valence electrons. The average Bonchev–Trinajstić information content (AvgIpc) is 2.33. The molecule has 1 aliphatic heterocycles. The normalized spacial score (nSPS) is 15.6. The van der Waals surface area contributed by atoms with E-state index in [9.17, 15) is 0 Å². The van der Waals surface area contributed by atoms with Gasteiger partial charge in [0.15, 0.2) is 0 Å². The van der Waals surface area contributed by atoms with E-state index in [-0.39, 0.29) is 0 Å². The van der Waals surface area contributed by atoms with Crippen LogP contribution in [0.25, 0.3) is 0 Å². The van der Waals surface area contributed by atoms with E-state index >= 15 is 0 Å². The summed E-state index contributed by atoms with van der Waals surface area (Å²) >= 11 is 1.84. The Morgan fingerprint density at radius 2 is 2.56 bits per heavy atom. The number of aryl methyl sites for hydroxylation is 1. The second-order valence-electron chi connectivity index (χ2n) is 1.93. The van der Waals surface area contributed by atoms with Crippen molar-refractivity contribution in [1.29, 1.82) is 0 Å². The van der Waals surface area contributed by atoms with Gasteiger partial charge in [-0.2, -0.15) is 0 Å². The van der Waals surface area contributed by atoms with E-state index in [1.807, 2.05) is 18.0 Å². The topological polar surface area (TPSA) is 25.8 Å². The van der Waals surface area contributed by atoms with Gasteiger partial charge in [0, 0.05) is 23.3 Å². The molecule has 9 heavy (non-hydrogen) atoms. The standard InChI is InChI=1S/C6H6N2S/c1-2-9-6-3-7-4-8-5(1)6/h3-4H,1-2H2. The summed E-state index contributed by atoms with van der Waals surface area (Å²) in [5.41, 5.74) is 1.22. The van der Waals surface area contributed by atoms with Crippen LogP contribution in [0.4, 0.5) is 0 Å². The maximum absolute atomic E-state index is 4.13. The van der Waals surface area contributed by atoms with E-state index < -0.39 is 0 Å². The molecule has 2 heterocycles. The van der Waals surface area contributed by atoms with Gasteiger partial charge in [-0.05, 0) is 0 Å². The van der Waals surface area contributed by atoms with Crippen molar-refractivity contribution in [2.75, 3.05) is 5.75 Å². The third-order valence-electron chi connectivity index (χ3n) is 1.35. The summed E-state index contributed by atoms with van der Waals surface area (Å²) in [5.74, 6) is 1.17. The molecule has 1 aromatic heterocycles. The summed E-state index contributed by atoms with van der Waals surface area (Å²) in [4.78, 5) is 9.31. The smallest absolute Gasteiger partial charge is 0.115 e. The predicted molar refractivity (Wildman–Crippen MR) is 36.5 cm³/mol. The van der Waals surface area contributed by atoms with Gasteiger partial charge in [0.2, 0.25) is 0 Å². The highest BCUT2D eigenvalue weighted by atomic mass is 32.2. The average molecular weight is 138 g/mol. The molecule has 2 rings (SSSR count). The molecule has 2 nitrogen and oxygen atoms in total. The second-order valence-corrected chi connectivity index (χ2v) is 3.07. The number of aromatic nitrogens is 2. The molecule has 0 N–H and O–H groups in total. The van der Waals surface area contributed by atoms with Crippen molar-refractivity contribution in [3.63, 3.8) is 0 Å². The minimum Gasteiger partial charge on any atom is -0.244 e. The summed E-state index contributed by atoms with van der Waals surface area (Å²) in [7, 11) is 0. The number of rotatable bonds is 0. The zero-order valence-corrected chi connectivity index (χ0v) is 5.69. The van der Waals surface area contributed by atoms with Gasteiger partial charge >= 0.3 is 0 Å². The lowest BCUT2D eigenvalue weighted by Crippen LogP contribution is -1.85. The molecule has 0 unspecified atom stereocenters. The highest BCUT2D eigenvalue weighted by Gasteiger charge is 2.10. The van der Waals surface area contributed by atoms with Crippen LogP contribution in [-0.2, 0) is 6.42 Å². The molecule has 0 fully saturated rings. The summed E-state index contributed by atoms with van der Waals surface area (Å²) in [6.45, 7) is 0. The zero-order valence-electron chi connectivity index (χ0n) is 4.87. The second kappa shape index (κ2) is 1.99. The largest absolute Gasteiger partial charge is 0.244 e. The van der Waals surface area contributed by atoms with Crippen molar-refractivity contribution in [1.82, 2.24) is 9.97 Å². The third kappa shape index (κ3) is 0.812. The number of thioether (sulfide) groups is 1. The Bertz CT molecular complexity index is 201. The molecule has 0 aromatic carbocycles. The van der Waals surface area contributed by atoms with Crippen molar-refractivity contribution in [2.24, 2.45) is 0 Å². The Hall–Kier alpha value is -0.570. The van der Waals surface area contributed by atoms with E-state index in [1.165, 1.54) is 16.3 Å². The minimum absolute atomic E-state index is 1.11. The fraction of sp³-hybridized carbons (Fsp3) is 0.333. The summed E-state index contributed by atoms with van der Waals surface area (Å²) in [6.07, 6.45) is 4.62. The molecule has 0 aliphatic carbocycles. The van der Waals surface area contributed by atoms with Crippen LogP contribution in [0, 0.1) is 0 Å². The SMILES string of the molecule is c1ncc2c(n1)CCS2. The molecular weight excluding hydrogens is 132 g/mol. The molecule has 0 radical (unpaired) electrons. The van der Waals surface area contributed by atoms with Crippen molar-refractivity contribution in [3.8, 4) is 0 Å². The lowest BCUT2D eigenvalue weighted by Gasteiger charge is -1.90. The van der Waals surface area contributed by atoms with Crippen LogP contribution in [0.15, 0.2) is 17.4 Å². The maximum Gasteiger partial charge on any atom is 0.115 e. The molecule has 3 heteroatoms. The van der Waals surface area contributed by atoms with Gasteiger partial charge in [-0.3, -0.25) is 0 Å². The van der Waals surface area contributed by atoms with Gasteiger partial charge in [-0.15, -0.1) is 11.8 Å². The van der Waals surface area contributed by atoms with Gasteiger partial charge < -0.3 is 0 Å². The lowest BCUT2D eigenvalue weighted by molar-refractivity contribution is 0.975. The van der Waals surface area contributed by atoms with Crippen molar-refractivity contribution >= 4 is 11.8 Å². The Labute approximate surface area is 57.7 Å². The quantitative estimate of drug-likeness (QED) is 0.537. The number of fused-ring (bicyclic) bond motifs is 1. The molecule has 0 atom stereocenters. The number of hydrogen-bond acceptors (Lipinski definition) is 3. The first-order valence-corrected chi connectivity index (χ1v) is 3.87. The molecule has 0 bridgehead atoms. The highest BCUT2D eigenvalue weighted by Crippen LogP contribution is 2.27. The monoisotopic (exact) mass is 138 g/mol. The number of nitrogens with zero attached hydrogens (tertiary/aromatic N) is 2. The molecule has 1 aliphatic rings. The number of hydrogen-bond donors (Lipinski definition) is 0.